The SMILES string of the molecule is Oc1ccc(CNOCC(F)(F)F)cc1Cl. The Morgan fingerprint density at radius 1 is 1.38 bits per heavy atom. The van der Waals surface area contributed by atoms with Crippen LogP contribution >= 0.6 is 11.6 Å². The number of hydrogen-bond acceptors (Lipinski definition) is 3. The Morgan fingerprint density at radius 2 is 2.06 bits per heavy atom. The van der Waals surface area contributed by atoms with Crippen LogP contribution in [-0.4, -0.2) is 17.9 Å². The molecule has 0 aliphatic carbocycles. The zero-order valence-corrected chi connectivity index (χ0v) is 8.77. The van der Waals surface area contributed by atoms with Gasteiger partial charge >= 0.3 is 6.18 Å². The van der Waals surface area contributed by atoms with E-state index < -0.39 is 12.8 Å². The van der Waals surface area contributed by atoms with E-state index in [1.54, 1.807) is 0 Å². The first kappa shape index (κ1) is 13.1. The summed E-state index contributed by atoms with van der Waals surface area (Å²) in [5, 5.41) is 9.22. The molecule has 0 aliphatic heterocycles. The number of nitrogens with one attached hydrogen (secondary N) is 1. The Morgan fingerprint density at radius 3 is 2.62 bits per heavy atom. The molecular formula is C9H9ClF3NO2. The van der Waals surface area contributed by atoms with Crippen LogP contribution in [0.15, 0.2) is 18.2 Å². The van der Waals surface area contributed by atoms with E-state index in [1.807, 2.05) is 0 Å². The van der Waals surface area contributed by atoms with Crippen molar-refractivity contribution >= 4 is 11.6 Å². The van der Waals surface area contributed by atoms with Crippen molar-refractivity contribution in [2.24, 2.45) is 0 Å². The van der Waals surface area contributed by atoms with Crippen LogP contribution in [0.2, 0.25) is 5.02 Å². The van der Waals surface area contributed by atoms with Crippen molar-refractivity contribution in [2.75, 3.05) is 6.61 Å². The van der Waals surface area contributed by atoms with Gasteiger partial charge in [-0.15, -0.1) is 0 Å². The lowest BCUT2D eigenvalue weighted by Crippen LogP contribution is -2.24. The van der Waals surface area contributed by atoms with Gasteiger partial charge in [-0.3, -0.25) is 4.84 Å². The number of alkyl halides is 3. The minimum Gasteiger partial charge on any atom is -0.506 e. The zero-order chi connectivity index (χ0) is 12.2. The zero-order valence-electron chi connectivity index (χ0n) is 8.01. The molecule has 0 unspecified atom stereocenters. The molecule has 0 saturated heterocycles. The highest BCUT2D eigenvalue weighted by atomic mass is 35.5. The fourth-order valence-electron chi connectivity index (χ4n) is 0.928. The average Bonchev–Trinajstić information content (AvgIpc) is 2.17. The minimum atomic E-state index is -4.36. The highest BCUT2D eigenvalue weighted by Crippen LogP contribution is 2.23. The Kier molecular flexibility index (Phi) is 4.40. The molecule has 3 nitrogen and oxygen atoms in total. The summed E-state index contributed by atoms with van der Waals surface area (Å²) >= 11 is 5.60. The van der Waals surface area contributed by atoms with E-state index in [9.17, 15) is 13.2 Å². The molecule has 1 aromatic rings. The van der Waals surface area contributed by atoms with Gasteiger partial charge in [-0.25, -0.2) is 0 Å². The highest BCUT2D eigenvalue weighted by molar-refractivity contribution is 6.32. The van der Waals surface area contributed by atoms with Crippen LogP contribution < -0.4 is 5.48 Å². The quantitative estimate of drug-likeness (QED) is 0.642. The van der Waals surface area contributed by atoms with Crippen LogP contribution in [0.1, 0.15) is 5.56 Å². The van der Waals surface area contributed by atoms with Crippen molar-refractivity contribution in [1.82, 2.24) is 5.48 Å². The van der Waals surface area contributed by atoms with Crippen LogP contribution in [0.3, 0.4) is 0 Å². The fourth-order valence-corrected chi connectivity index (χ4v) is 1.13. The number of rotatable bonds is 4. The third-order valence-electron chi connectivity index (χ3n) is 1.63. The number of phenols is 1. The van der Waals surface area contributed by atoms with Crippen molar-refractivity contribution in [2.45, 2.75) is 12.7 Å². The van der Waals surface area contributed by atoms with Crippen molar-refractivity contribution < 1.29 is 23.1 Å². The van der Waals surface area contributed by atoms with Gasteiger partial charge in [-0.05, 0) is 17.7 Å². The smallest absolute Gasteiger partial charge is 0.413 e. The fraction of sp³-hybridized carbons (Fsp3) is 0.333. The Bertz CT molecular complexity index is 357. The third-order valence-corrected chi connectivity index (χ3v) is 1.93. The minimum absolute atomic E-state index is 0.0656. The molecule has 0 atom stereocenters. The van der Waals surface area contributed by atoms with Gasteiger partial charge in [0, 0.05) is 6.54 Å². The molecule has 90 valence electrons. The summed E-state index contributed by atoms with van der Waals surface area (Å²) in [6.45, 7) is -1.30. The second-order valence-corrected chi connectivity index (χ2v) is 3.42. The predicted molar refractivity (Wildman–Crippen MR) is 52.0 cm³/mol. The predicted octanol–water partition coefficient (Wildman–Crippen LogP) is 2.63. The molecule has 0 heterocycles. The second-order valence-electron chi connectivity index (χ2n) is 3.01. The number of hydrogen-bond donors (Lipinski definition) is 2. The van der Waals surface area contributed by atoms with Crippen LogP contribution in [0, 0.1) is 0 Å². The van der Waals surface area contributed by atoms with Crippen molar-refractivity contribution in [3.63, 3.8) is 0 Å². The average molecular weight is 256 g/mol. The summed E-state index contributed by atoms with van der Waals surface area (Å²) in [7, 11) is 0. The van der Waals surface area contributed by atoms with E-state index in [4.69, 9.17) is 16.7 Å². The first-order valence-corrected chi connectivity index (χ1v) is 4.65. The Balaban J connectivity index is 2.35. The number of phenolic OH excluding ortho intramolecular Hbond substituents is 1. The first-order valence-electron chi connectivity index (χ1n) is 4.27. The number of hydroxylamine groups is 1. The molecule has 1 rings (SSSR count). The lowest BCUT2D eigenvalue weighted by molar-refractivity contribution is -0.190. The molecule has 0 fully saturated rings. The van der Waals surface area contributed by atoms with Gasteiger partial charge < -0.3 is 5.11 Å². The molecule has 0 spiro atoms. The van der Waals surface area contributed by atoms with E-state index in [-0.39, 0.29) is 17.3 Å². The summed E-state index contributed by atoms with van der Waals surface area (Å²) in [6, 6.07) is 4.30. The first-order chi connectivity index (χ1) is 7.38. The summed E-state index contributed by atoms with van der Waals surface area (Å²) in [5.41, 5.74) is 2.75. The van der Waals surface area contributed by atoms with E-state index >= 15 is 0 Å². The number of benzene rings is 1. The lowest BCUT2D eigenvalue weighted by atomic mass is 10.2. The maximum atomic E-state index is 11.7. The second kappa shape index (κ2) is 5.38. The van der Waals surface area contributed by atoms with Crippen molar-refractivity contribution in [3.05, 3.63) is 28.8 Å². The van der Waals surface area contributed by atoms with E-state index in [0.29, 0.717) is 5.56 Å². The van der Waals surface area contributed by atoms with Gasteiger partial charge in [-0.2, -0.15) is 18.7 Å². The Labute approximate surface area is 94.7 Å². The molecule has 0 bridgehead atoms. The van der Waals surface area contributed by atoms with Gasteiger partial charge in [0.2, 0.25) is 0 Å². The maximum absolute atomic E-state index is 11.7. The largest absolute Gasteiger partial charge is 0.506 e. The molecule has 0 aliphatic rings. The molecular weight excluding hydrogens is 247 g/mol. The molecule has 16 heavy (non-hydrogen) atoms. The van der Waals surface area contributed by atoms with Gasteiger partial charge in [0.25, 0.3) is 0 Å². The molecule has 0 saturated carbocycles. The normalized spacial score (nSPS) is 11.8. The maximum Gasteiger partial charge on any atom is 0.413 e. The summed E-state index contributed by atoms with van der Waals surface area (Å²) in [6.07, 6.45) is -4.36. The van der Waals surface area contributed by atoms with Crippen molar-refractivity contribution in [1.29, 1.82) is 0 Å². The number of halogens is 4. The molecule has 7 heteroatoms. The van der Waals surface area contributed by atoms with Crippen LogP contribution in [-0.2, 0) is 11.4 Å². The number of aromatic hydroxyl groups is 1. The molecule has 0 radical (unpaired) electrons. The van der Waals surface area contributed by atoms with E-state index in [2.05, 4.69) is 10.3 Å². The Hall–Kier alpha value is -0.980. The molecule has 0 aromatic heterocycles. The van der Waals surface area contributed by atoms with E-state index in [0.717, 1.165) is 0 Å². The van der Waals surface area contributed by atoms with Crippen LogP contribution in [0.5, 0.6) is 5.75 Å². The summed E-state index contributed by atoms with van der Waals surface area (Å²) in [4.78, 5) is 4.19. The van der Waals surface area contributed by atoms with Crippen LogP contribution in [0.25, 0.3) is 0 Å². The molecule has 0 amide bonds. The third kappa shape index (κ3) is 4.69. The molecule has 1 aromatic carbocycles. The van der Waals surface area contributed by atoms with Gasteiger partial charge in [0.1, 0.15) is 5.75 Å². The summed E-state index contributed by atoms with van der Waals surface area (Å²) < 4.78 is 35.0. The van der Waals surface area contributed by atoms with Gasteiger partial charge in [0.15, 0.2) is 6.61 Å². The van der Waals surface area contributed by atoms with Gasteiger partial charge in [0.05, 0.1) is 5.02 Å². The van der Waals surface area contributed by atoms with Crippen LogP contribution in [0.4, 0.5) is 13.2 Å². The topological polar surface area (TPSA) is 41.5 Å². The van der Waals surface area contributed by atoms with Gasteiger partial charge in [-0.1, -0.05) is 17.7 Å². The van der Waals surface area contributed by atoms with Crippen molar-refractivity contribution in [3.8, 4) is 5.75 Å². The monoisotopic (exact) mass is 255 g/mol. The lowest BCUT2D eigenvalue weighted by Gasteiger charge is -2.08. The molecule has 2 N–H and O–H groups in total. The van der Waals surface area contributed by atoms with E-state index in [1.165, 1.54) is 18.2 Å². The standard InChI is InChI=1S/C9H9ClF3NO2/c10-7-3-6(1-2-8(7)15)4-14-16-5-9(11,12)13/h1-3,14-15H,4-5H2. The highest BCUT2D eigenvalue weighted by Gasteiger charge is 2.27. The summed E-state index contributed by atoms with van der Waals surface area (Å²) in [5.74, 6) is -0.0818.